The van der Waals surface area contributed by atoms with Crippen LogP contribution in [0.3, 0.4) is 0 Å². The minimum absolute atomic E-state index is 0.0262. The van der Waals surface area contributed by atoms with Crippen LogP contribution in [0.15, 0.2) is 87.2 Å². The van der Waals surface area contributed by atoms with Gasteiger partial charge < -0.3 is 14.5 Å². The monoisotopic (exact) mass is 477 g/mol. The summed E-state index contributed by atoms with van der Waals surface area (Å²) in [6.07, 6.45) is 0. The molecule has 0 unspecified atom stereocenters. The average Bonchev–Trinajstić information content (AvgIpc) is 2.84. The number of anilines is 1. The Kier molecular flexibility index (Phi) is 6.38. The van der Waals surface area contributed by atoms with E-state index in [1.807, 2.05) is 26.0 Å². The zero-order valence-electron chi connectivity index (χ0n) is 18.8. The summed E-state index contributed by atoms with van der Waals surface area (Å²) >= 11 is 0. The molecule has 0 bridgehead atoms. The normalized spacial score (nSPS) is 11.9. The van der Waals surface area contributed by atoms with Crippen molar-refractivity contribution in [2.75, 3.05) is 12.4 Å². The van der Waals surface area contributed by atoms with E-state index in [9.17, 15) is 13.2 Å². The summed E-state index contributed by atoms with van der Waals surface area (Å²) in [5.74, 6) is -0.0876. The number of fused-ring (bicyclic) bond motifs is 1. The van der Waals surface area contributed by atoms with Crippen molar-refractivity contribution in [3.05, 3.63) is 95.0 Å². The highest BCUT2D eigenvalue weighted by Crippen LogP contribution is 2.25. The van der Waals surface area contributed by atoms with Crippen molar-refractivity contribution in [3.8, 4) is 5.75 Å². The number of carbonyl (C=O) groups is 1. The minimum atomic E-state index is -3.98. The molecule has 9 heteroatoms. The van der Waals surface area contributed by atoms with Crippen molar-refractivity contribution in [2.24, 2.45) is 5.10 Å². The SMILES string of the molecule is COc1cccc2cc(C(=O)Nc3ccc(C)c(C)c3)c(=NNS(=O)(=O)c3ccccc3)oc12. The van der Waals surface area contributed by atoms with Gasteiger partial charge in [0, 0.05) is 11.1 Å². The van der Waals surface area contributed by atoms with E-state index in [2.05, 4.69) is 15.2 Å². The van der Waals surface area contributed by atoms with Gasteiger partial charge in [-0.25, -0.2) is 0 Å². The van der Waals surface area contributed by atoms with Crippen molar-refractivity contribution in [2.45, 2.75) is 18.7 Å². The summed E-state index contributed by atoms with van der Waals surface area (Å²) in [7, 11) is -2.49. The summed E-state index contributed by atoms with van der Waals surface area (Å²) in [6.45, 7) is 3.92. The predicted molar refractivity (Wildman–Crippen MR) is 129 cm³/mol. The Balaban J connectivity index is 1.81. The van der Waals surface area contributed by atoms with Gasteiger partial charge in [0.1, 0.15) is 5.56 Å². The number of aryl methyl sites for hydroxylation is 2. The second kappa shape index (κ2) is 9.40. The Bertz CT molecular complexity index is 1540. The summed E-state index contributed by atoms with van der Waals surface area (Å²) in [4.78, 5) is 15.4. The molecule has 0 radical (unpaired) electrons. The number of benzene rings is 3. The molecule has 4 aromatic rings. The highest BCUT2D eigenvalue weighted by atomic mass is 32.2. The molecular weight excluding hydrogens is 454 g/mol. The van der Waals surface area contributed by atoms with Crippen LogP contribution in [0.25, 0.3) is 11.0 Å². The lowest BCUT2D eigenvalue weighted by Crippen LogP contribution is -2.27. The van der Waals surface area contributed by atoms with Gasteiger partial charge >= 0.3 is 0 Å². The van der Waals surface area contributed by atoms with Crippen LogP contribution < -0.4 is 20.4 Å². The van der Waals surface area contributed by atoms with E-state index in [-0.39, 0.29) is 16.0 Å². The van der Waals surface area contributed by atoms with Gasteiger partial charge in [-0.05, 0) is 61.4 Å². The first-order valence-corrected chi connectivity index (χ1v) is 11.9. The second-order valence-corrected chi connectivity index (χ2v) is 9.28. The number of nitrogens with zero attached hydrogens (tertiary/aromatic N) is 1. The van der Waals surface area contributed by atoms with Crippen molar-refractivity contribution in [1.29, 1.82) is 0 Å². The topological polar surface area (TPSA) is 110 Å². The summed E-state index contributed by atoms with van der Waals surface area (Å²) < 4.78 is 36.5. The summed E-state index contributed by atoms with van der Waals surface area (Å²) in [6, 6.07) is 20.1. The van der Waals surface area contributed by atoms with Gasteiger partial charge in [-0.15, -0.1) is 5.10 Å². The van der Waals surface area contributed by atoms with E-state index in [1.165, 1.54) is 19.2 Å². The molecule has 1 aromatic heterocycles. The van der Waals surface area contributed by atoms with Gasteiger partial charge in [0.2, 0.25) is 5.55 Å². The number of hydrogen-bond acceptors (Lipinski definition) is 6. The molecule has 0 aliphatic heterocycles. The van der Waals surface area contributed by atoms with Gasteiger partial charge in [0.15, 0.2) is 11.3 Å². The molecule has 0 fully saturated rings. The van der Waals surface area contributed by atoms with Crippen molar-refractivity contribution in [1.82, 2.24) is 4.83 Å². The van der Waals surface area contributed by atoms with E-state index >= 15 is 0 Å². The number of amides is 1. The van der Waals surface area contributed by atoms with E-state index in [4.69, 9.17) is 9.15 Å². The van der Waals surface area contributed by atoms with Crippen LogP contribution in [0.5, 0.6) is 5.75 Å². The number of carbonyl (C=O) groups excluding carboxylic acids is 1. The van der Waals surface area contributed by atoms with Gasteiger partial charge in [-0.2, -0.15) is 13.2 Å². The predicted octanol–water partition coefficient (Wildman–Crippen LogP) is 4.10. The quantitative estimate of drug-likeness (QED) is 0.406. The molecule has 2 N–H and O–H groups in total. The summed E-state index contributed by atoms with van der Waals surface area (Å²) in [5, 5.41) is 7.37. The molecule has 0 saturated carbocycles. The van der Waals surface area contributed by atoms with Crippen LogP contribution in [0, 0.1) is 13.8 Å². The molecule has 1 heterocycles. The molecule has 0 spiro atoms. The Hall–Kier alpha value is -4.11. The molecule has 1 amide bonds. The van der Waals surface area contributed by atoms with Gasteiger partial charge in [-0.1, -0.05) is 36.4 Å². The van der Waals surface area contributed by atoms with E-state index < -0.39 is 15.9 Å². The standard InChI is InChI=1S/C25H23N3O5S/c1-16-12-13-19(14-17(16)2)26-24(29)21-15-18-8-7-11-22(32-3)23(18)33-25(21)27-28-34(30,31)20-9-5-4-6-10-20/h4-15,28H,1-3H3,(H,26,29). The van der Waals surface area contributed by atoms with Gasteiger partial charge in [-0.3, -0.25) is 4.79 Å². The first-order valence-electron chi connectivity index (χ1n) is 10.4. The Morgan fingerprint density at radius 3 is 2.41 bits per heavy atom. The van der Waals surface area contributed by atoms with E-state index in [1.54, 1.807) is 48.5 Å². The Morgan fingerprint density at radius 1 is 0.941 bits per heavy atom. The third-order valence-corrected chi connectivity index (χ3v) is 6.51. The lowest BCUT2D eigenvalue weighted by Gasteiger charge is -2.10. The van der Waals surface area contributed by atoms with E-state index in [0.29, 0.717) is 22.4 Å². The average molecular weight is 478 g/mol. The first kappa shape index (κ1) is 23.1. The smallest absolute Gasteiger partial charge is 0.276 e. The fourth-order valence-electron chi connectivity index (χ4n) is 3.30. The largest absolute Gasteiger partial charge is 0.493 e. The zero-order chi connectivity index (χ0) is 24.3. The van der Waals surface area contributed by atoms with Crippen molar-refractivity contribution in [3.63, 3.8) is 0 Å². The maximum Gasteiger partial charge on any atom is 0.276 e. The molecule has 3 aromatic carbocycles. The fourth-order valence-corrected chi connectivity index (χ4v) is 4.13. The van der Waals surface area contributed by atoms with Crippen LogP contribution in [-0.4, -0.2) is 21.4 Å². The number of hydrogen-bond donors (Lipinski definition) is 2. The van der Waals surface area contributed by atoms with Crippen LogP contribution in [0.2, 0.25) is 0 Å². The highest BCUT2D eigenvalue weighted by Gasteiger charge is 2.17. The Labute approximate surface area is 196 Å². The minimum Gasteiger partial charge on any atom is -0.493 e. The van der Waals surface area contributed by atoms with E-state index in [0.717, 1.165) is 11.1 Å². The number of para-hydroxylation sites is 1. The van der Waals surface area contributed by atoms with Gasteiger partial charge in [0.05, 0.1) is 12.0 Å². The maximum atomic E-state index is 13.2. The highest BCUT2D eigenvalue weighted by molar-refractivity contribution is 7.89. The zero-order valence-corrected chi connectivity index (χ0v) is 19.6. The number of nitrogens with one attached hydrogen (secondary N) is 2. The van der Waals surface area contributed by atoms with Crippen molar-refractivity contribution < 1.29 is 22.4 Å². The van der Waals surface area contributed by atoms with Crippen molar-refractivity contribution >= 4 is 32.6 Å². The third kappa shape index (κ3) is 4.79. The second-order valence-electron chi connectivity index (χ2n) is 7.62. The van der Waals surface area contributed by atoms with Crippen LogP contribution in [0.1, 0.15) is 21.5 Å². The first-order chi connectivity index (χ1) is 16.3. The third-order valence-electron chi connectivity index (χ3n) is 5.29. The molecule has 0 saturated heterocycles. The Morgan fingerprint density at radius 2 is 1.71 bits per heavy atom. The molecule has 8 nitrogen and oxygen atoms in total. The molecule has 0 aliphatic carbocycles. The lowest BCUT2D eigenvalue weighted by atomic mass is 10.1. The van der Waals surface area contributed by atoms with Gasteiger partial charge in [0.25, 0.3) is 15.9 Å². The molecule has 0 aliphatic rings. The lowest BCUT2D eigenvalue weighted by molar-refractivity contribution is 0.102. The fraction of sp³-hybridized carbons (Fsp3) is 0.120. The van der Waals surface area contributed by atoms with Crippen LogP contribution >= 0.6 is 0 Å². The number of ether oxygens (including phenoxy) is 1. The van der Waals surface area contributed by atoms with Crippen LogP contribution in [0.4, 0.5) is 5.69 Å². The molecular formula is C25H23N3O5S. The number of rotatable bonds is 6. The molecule has 4 rings (SSSR count). The molecule has 174 valence electrons. The maximum absolute atomic E-state index is 13.2. The molecule has 0 atom stereocenters. The molecule has 34 heavy (non-hydrogen) atoms. The van der Waals surface area contributed by atoms with Crippen LogP contribution in [-0.2, 0) is 10.0 Å². The summed E-state index contributed by atoms with van der Waals surface area (Å²) in [5.41, 5.74) is 2.87. The number of sulfonamides is 1. The number of methoxy groups -OCH3 is 1.